The molecule has 22 heavy (non-hydrogen) atoms. The highest BCUT2D eigenvalue weighted by Gasteiger charge is 2.16. The van der Waals surface area contributed by atoms with Crippen LogP contribution in [0.2, 0.25) is 0 Å². The molecule has 1 fully saturated rings. The third-order valence-corrected chi connectivity index (χ3v) is 3.89. The van der Waals surface area contributed by atoms with E-state index in [1.54, 1.807) is 6.20 Å². The first kappa shape index (κ1) is 16.4. The average molecular weight is 300 g/mol. The molecule has 1 saturated carbocycles. The van der Waals surface area contributed by atoms with Gasteiger partial charge in [-0.25, -0.2) is 0 Å². The second kappa shape index (κ2) is 9.09. The molecule has 1 aromatic rings. The van der Waals surface area contributed by atoms with Crippen molar-refractivity contribution in [2.75, 3.05) is 13.2 Å². The second-order valence-corrected chi connectivity index (χ2v) is 5.76. The molecule has 0 unspecified atom stereocenters. The summed E-state index contributed by atoms with van der Waals surface area (Å²) in [7, 11) is 0. The Labute approximate surface area is 132 Å². The number of aromatic nitrogens is 1. The lowest BCUT2D eigenvalue weighted by Crippen LogP contribution is -2.26. The van der Waals surface area contributed by atoms with Crippen molar-refractivity contribution < 1.29 is 9.53 Å². The van der Waals surface area contributed by atoms with Crippen molar-refractivity contribution in [2.24, 2.45) is 5.92 Å². The number of hydrogen-bond acceptors (Lipinski definition) is 3. The number of aryl methyl sites for hydroxylation is 1. The second-order valence-electron chi connectivity index (χ2n) is 5.76. The van der Waals surface area contributed by atoms with E-state index in [4.69, 9.17) is 4.74 Å². The molecule has 0 bridgehead atoms. The topological polar surface area (TPSA) is 51.2 Å². The van der Waals surface area contributed by atoms with Gasteiger partial charge in [0.1, 0.15) is 12.4 Å². The Hall–Kier alpha value is -2.02. The van der Waals surface area contributed by atoms with E-state index in [2.05, 4.69) is 22.1 Å². The van der Waals surface area contributed by atoms with Gasteiger partial charge in [-0.2, -0.15) is 0 Å². The molecular weight excluding hydrogens is 276 g/mol. The molecule has 1 N–H and O–H groups in total. The molecule has 1 heterocycles. The number of amides is 1. The Morgan fingerprint density at radius 3 is 2.86 bits per heavy atom. The first-order chi connectivity index (χ1) is 10.7. The van der Waals surface area contributed by atoms with Crippen molar-refractivity contribution in [3.05, 3.63) is 24.0 Å². The zero-order chi connectivity index (χ0) is 15.6. The summed E-state index contributed by atoms with van der Waals surface area (Å²) in [5.41, 5.74) is 0.958. The van der Waals surface area contributed by atoms with Gasteiger partial charge in [0.05, 0.1) is 12.7 Å². The van der Waals surface area contributed by atoms with Crippen LogP contribution < -0.4 is 10.1 Å². The zero-order valence-corrected chi connectivity index (χ0v) is 13.2. The Balaban J connectivity index is 1.58. The van der Waals surface area contributed by atoms with E-state index in [0.29, 0.717) is 31.2 Å². The van der Waals surface area contributed by atoms with Crippen molar-refractivity contribution in [1.29, 1.82) is 0 Å². The minimum Gasteiger partial charge on any atom is -0.479 e. The number of carbonyl (C=O) groups is 1. The third-order valence-electron chi connectivity index (χ3n) is 3.89. The fraction of sp³-hybridized carbons (Fsp3) is 0.556. The van der Waals surface area contributed by atoms with Crippen molar-refractivity contribution in [3.63, 3.8) is 0 Å². The molecule has 0 aromatic carbocycles. The molecule has 1 aliphatic carbocycles. The summed E-state index contributed by atoms with van der Waals surface area (Å²) in [4.78, 5) is 15.9. The lowest BCUT2D eigenvalue weighted by atomic mass is 9.87. The van der Waals surface area contributed by atoms with Crippen LogP contribution >= 0.6 is 0 Å². The van der Waals surface area contributed by atoms with E-state index in [9.17, 15) is 4.79 Å². The van der Waals surface area contributed by atoms with Gasteiger partial charge >= 0.3 is 0 Å². The van der Waals surface area contributed by atoms with Crippen LogP contribution in [-0.2, 0) is 4.79 Å². The van der Waals surface area contributed by atoms with E-state index in [1.165, 1.54) is 32.1 Å². The van der Waals surface area contributed by atoms with Crippen LogP contribution in [0.25, 0.3) is 0 Å². The van der Waals surface area contributed by atoms with Gasteiger partial charge in [-0.05, 0) is 37.8 Å². The first-order valence-electron chi connectivity index (χ1n) is 8.02. The predicted molar refractivity (Wildman–Crippen MR) is 86.4 cm³/mol. The van der Waals surface area contributed by atoms with Gasteiger partial charge in [0.2, 0.25) is 5.91 Å². The highest BCUT2D eigenvalue weighted by atomic mass is 16.5. The highest BCUT2D eigenvalue weighted by Crippen LogP contribution is 2.25. The Morgan fingerprint density at radius 1 is 1.32 bits per heavy atom. The minimum atomic E-state index is 0.116. The maximum absolute atomic E-state index is 11.8. The molecule has 118 valence electrons. The van der Waals surface area contributed by atoms with E-state index in [0.717, 1.165) is 5.69 Å². The Kier molecular flexibility index (Phi) is 6.76. The molecule has 4 nitrogen and oxygen atoms in total. The Bertz CT molecular complexity index is 522. The summed E-state index contributed by atoms with van der Waals surface area (Å²) in [6, 6.07) is 3.77. The molecule has 1 amide bonds. The molecule has 2 rings (SSSR count). The summed E-state index contributed by atoms with van der Waals surface area (Å²) >= 11 is 0. The summed E-state index contributed by atoms with van der Waals surface area (Å²) in [6.45, 7) is 2.63. The van der Waals surface area contributed by atoms with Crippen molar-refractivity contribution >= 4 is 5.91 Å². The van der Waals surface area contributed by atoms with Crippen LogP contribution in [0.1, 0.15) is 44.2 Å². The molecule has 1 aromatic heterocycles. The van der Waals surface area contributed by atoms with E-state index in [-0.39, 0.29) is 5.91 Å². The van der Waals surface area contributed by atoms with Crippen LogP contribution in [0.3, 0.4) is 0 Å². The van der Waals surface area contributed by atoms with Gasteiger partial charge in [0.15, 0.2) is 0 Å². The highest BCUT2D eigenvalue weighted by molar-refractivity contribution is 5.76. The third kappa shape index (κ3) is 6.17. The number of hydrogen-bond donors (Lipinski definition) is 1. The molecule has 1 aliphatic rings. The summed E-state index contributed by atoms with van der Waals surface area (Å²) in [6.07, 6.45) is 8.57. The normalized spacial score (nSPS) is 14.8. The molecule has 0 aliphatic heterocycles. The van der Waals surface area contributed by atoms with Crippen LogP contribution in [0.15, 0.2) is 18.3 Å². The van der Waals surface area contributed by atoms with Crippen LogP contribution in [0.4, 0.5) is 0 Å². The average Bonchev–Trinajstić information content (AvgIpc) is 2.53. The fourth-order valence-electron chi connectivity index (χ4n) is 2.64. The monoisotopic (exact) mass is 300 g/mol. The Morgan fingerprint density at radius 2 is 2.14 bits per heavy atom. The smallest absolute Gasteiger partial charge is 0.221 e. The van der Waals surface area contributed by atoms with Crippen molar-refractivity contribution in [3.8, 4) is 17.6 Å². The van der Waals surface area contributed by atoms with E-state index >= 15 is 0 Å². The predicted octanol–water partition coefficient (Wildman–Crippen LogP) is 2.86. The maximum Gasteiger partial charge on any atom is 0.221 e. The lowest BCUT2D eigenvalue weighted by Gasteiger charge is -2.20. The molecule has 4 heteroatoms. The molecule has 0 atom stereocenters. The van der Waals surface area contributed by atoms with Crippen LogP contribution in [-0.4, -0.2) is 24.0 Å². The zero-order valence-electron chi connectivity index (χ0n) is 13.2. The largest absolute Gasteiger partial charge is 0.479 e. The number of ether oxygens (including phenoxy) is 1. The van der Waals surface area contributed by atoms with Gasteiger partial charge in [-0.1, -0.05) is 31.1 Å². The fourth-order valence-corrected chi connectivity index (χ4v) is 2.64. The number of carbonyl (C=O) groups excluding carboxylic acids is 1. The van der Waals surface area contributed by atoms with Gasteiger partial charge in [-0.15, -0.1) is 0 Å². The SMILES string of the molecule is Cc1ccc(OCC#CCNC(=O)CC2CCCCC2)cn1. The standard InChI is InChI=1S/C18H24N2O2/c1-15-9-10-17(14-20-15)22-12-6-5-11-19-18(21)13-16-7-3-2-4-8-16/h9-10,14,16H,2-4,7-8,11-13H2,1H3,(H,19,21). The van der Waals surface area contributed by atoms with Crippen LogP contribution in [0.5, 0.6) is 5.75 Å². The quantitative estimate of drug-likeness (QED) is 0.851. The molecule has 0 radical (unpaired) electrons. The first-order valence-corrected chi connectivity index (χ1v) is 8.02. The van der Waals surface area contributed by atoms with Crippen LogP contribution in [0, 0.1) is 24.7 Å². The summed E-state index contributed by atoms with van der Waals surface area (Å²) in [5, 5.41) is 2.86. The number of rotatable bonds is 5. The number of pyridine rings is 1. The van der Waals surface area contributed by atoms with Gasteiger partial charge in [0, 0.05) is 12.1 Å². The number of nitrogens with zero attached hydrogens (tertiary/aromatic N) is 1. The van der Waals surface area contributed by atoms with Gasteiger partial charge < -0.3 is 10.1 Å². The minimum absolute atomic E-state index is 0.116. The van der Waals surface area contributed by atoms with Gasteiger partial charge in [-0.3, -0.25) is 9.78 Å². The molecule has 0 saturated heterocycles. The lowest BCUT2D eigenvalue weighted by molar-refractivity contribution is -0.122. The summed E-state index contributed by atoms with van der Waals surface area (Å²) in [5.74, 6) is 7.19. The maximum atomic E-state index is 11.8. The van der Waals surface area contributed by atoms with E-state index < -0.39 is 0 Å². The van der Waals surface area contributed by atoms with Gasteiger partial charge in [0.25, 0.3) is 0 Å². The molecular formula is C18H24N2O2. The van der Waals surface area contributed by atoms with Crippen molar-refractivity contribution in [1.82, 2.24) is 10.3 Å². The summed E-state index contributed by atoms with van der Waals surface area (Å²) < 4.78 is 5.44. The molecule has 0 spiro atoms. The number of nitrogens with one attached hydrogen (secondary N) is 1. The van der Waals surface area contributed by atoms with Crippen molar-refractivity contribution in [2.45, 2.75) is 45.4 Å². The van der Waals surface area contributed by atoms with E-state index in [1.807, 2.05) is 19.1 Å².